The summed E-state index contributed by atoms with van der Waals surface area (Å²) in [5.74, 6) is -0.877. The average Bonchev–Trinajstić information content (AvgIpc) is 3.30. The fourth-order valence-electron chi connectivity index (χ4n) is 2.05. The minimum Gasteiger partial charge on any atom is -0.406 e. The molecule has 25 heavy (non-hydrogen) atoms. The first-order valence-electron chi connectivity index (χ1n) is 7.80. The number of ether oxygens (including phenoxy) is 1. The van der Waals surface area contributed by atoms with Gasteiger partial charge in [-0.15, -0.1) is 13.2 Å². The molecule has 0 bridgehead atoms. The van der Waals surface area contributed by atoms with Gasteiger partial charge >= 0.3 is 6.36 Å². The van der Waals surface area contributed by atoms with E-state index in [0.717, 1.165) is 25.0 Å². The summed E-state index contributed by atoms with van der Waals surface area (Å²) >= 11 is 0. The average molecular weight is 359 g/mol. The molecule has 138 valence electrons. The third kappa shape index (κ3) is 6.61. The molecule has 1 atom stereocenters. The highest BCUT2D eigenvalue weighted by atomic mass is 19.4. The minimum atomic E-state index is -4.76. The maximum absolute atomic E-state index is 12.1. The second kappa shape index (κ2) is 7.73. The fourth-order valence-corrected chi connectivity index (χ4v) is 2.05. The Labute approximate surface area is 143 Å². The van der Waals surface area contributed by atoms with E-state index in [1.165, 1.54) is 12.1 Å². The Morgan fingerprint density at radius 3 is 2.40 bits per heavy atom. The lowest BCUT2D eigenvalue weighted by Crippen LogP contribution is -2.46. The summed E-state index contributed by atoms with van der Waals surface area (Å²) in [6.45, 7) is 1.67. The topological polar surface area (TPSA) is 70.7 Å². The zero-order valence-electron chi connectivity index (χ0n) is 13.9. The maximum Gasteiger partial charge on any atom is 0.573 e. The Balaban J connectivity index is 1.81. The third-order valence-electron chi connectivity index (χ3n) is 3.73. The molecular formula is C16H20F3N3O3. The molecule has 1 saturated carbocycles. The summed E-state index contributed by atoms with van der Waals surface area (Å²) in [6, 6.07) is 4.62. The summed E-state index contributed by atoms with van der Waals surface area (Å²) in [6.07, 6.45) is -2.79. The van der Waals surface area contributed by atoms with E-state index in [4.69, 9.17) is 0 Å². The van der Waals surface area contributed by atoms with Gasteiger partial charge in [0.1, 0.15) is 5.75 Å². The number of hydrogen-bond acceptors (Lipinski definition) is 4. The number of rotatable bonds is 7. The van der Waals surface area contributed by atoms with Crippen molar-refractivity contribution < 1.29 is 27.5 Å². The molecule has 1 fully saturated rings. The van der Waals surface area contributed by atoms with Crippen molar-refractivity contribution in [3.8, 4) is 5.75 Å². The van der Waals surface area contributed by atoms with Crippen LogP contribution in [-0.4, -0.2) is 48.8 Å². The van der Waals surface area contributed by atoms with E-state index in [1.54, 1.807) is 18.9 Å². The van der Waals surface area contributed by atoms with Crippen LogP contribution in [0.4, 0.5) is 18.9 Å². The molecule has 1 aromatic rings. The summed E-state index contributed by atoms with van der Waals surface area (Å²) in [4.78, 5) is 25.5. The van der Waals surface area contributed by atoms with E-state index < -0.39 is 12.4 Å². The lowest BCUT2D eigenvalue weighted by molar-refractivity contribution is -0.274. The fraction of sp³-hybridized carbons (Fsp3) is 0.500. The molecule has 2 amide bonds. The van der Waals surface area contributed by atoms with Crippen LogP contribution in [0.5, 0.6) is 5.75 Å². The molecule has 2 N–H and O–H groups in total. The maximum atomic E-state index is 12.1. The van der Waals surface area contributed by atoms with Gasteiger partial charge in [-0.3, -0.25) is 14.5 Å². The van der Waals surface area contributed by atoms with Crippen LogP contribution in [0, 0.1) is 0 Å². The number of benzene rings is 1. The molecule has 1 aromatic carbocycles. The first-order valence-corrected chi connectivity index (χ1v) is 7.80. The second-order valence-corrected chi connectivity index (χ2v) is 5.99. The Morgan fingerprint density at radius 2 is 1.88 bits per heavy atom. The Kier molecular flexibility index (Phi) is 5.89. The SMILES string of the molecule is C[C@@H](C(=O)NC1CC1)N(C)CC(=O)Nc1ccc(OC(F)(F)F)cc1. The van der Waals surface area contributed by atoms with Crippen molar-refractivity contribution in [3.05, 3.63) is 24.3 Å². The van der Waals surface area contributed by atoms with Crippen molar-refractivity contribution in [3.63, 3.8) is 0 Å². The van der Waals surface area contributed by atoms with Crippen LogP contribution < -0.4 is 15.4 Å². The van der Waals surface area contributed by atoms with E-state index in [-0.39, 0.29) is 30.2 Å². The van der Waals surface area contributed by atoms with Gasteiger partial charge in [0.25, 0.3) is 0 Å². The third-order valence-corrected chi connectivity index (χ3v) is 3.73. The van der Waals surface area contributed by atoms with Crippen molar-refractivity contribution in [2.45, 2.75) is 38.2 Å². The standard InChI is InChI=1S/C16H20F3N3O3/c1-10(15(24)21-12-3-4-12)22(2)9-14(23)20-11-5-7-13(8-6-11)25-16(17,18)19/h5-8,10,12H,3-4,9H2,1-2H3,(H,20,23)(H,21,24)/t10-/m0/s1. The van der Waals surface area contributed by atoms with Crippen LogP contribution in [0.2, 0.25) is 0 Å². The number of anilines is 1. The largest absolute Gasteiger partial charge is 0.573 e. The van der Waals surface area contributed by atoms with Crippen LogP contribution in [0.25, 0.3) is 0 Å². The molecule has 0 spiro atoms. The molecule has 9 heteroatoms. The molecule has 1 aliphatic rings. The van der Waals surface area contributed by atoms with Gasteiger partial charge in [0.15, 0.2) is 0 Å². The van der Waals surface area contributed by atoms with Gasteiger partial charge in [-0.1, -0.05) is 0 Å². The number of nitrogens with zero attached hydrogens (tertiary/aromatic N) is 1. The lowest BCUT2D eigenvalue weighted by Gasteiger charge is -2.23. The van der Waals surface area contributed by atoms with E-state index >= 15 is 0 Å². The number of alkyl halides is 3. The van der Waals surface area contributed by atoms with Crippen molar-refractivity contribution in [1.29, 1.82) is 0 Å². The quantitative estimate of drug-likeness (QED) is 0.782. The van der Waals surface area contributed by atoms with Crippen LogP contribution in [0.15, 0.2) is 24.3 Å². The van der Waals surface area contributed by atoms with E-state index in [0.29, 0.717) is 5.69 Å². The molecule has 0 aliphatic heterocycles. The number of carbonyl (C=O) groups excluding carboxylic acids is 2. The molecule has 2 rings (SSSR count). The molecular weight excluding hydrogens is 339 g/mol. The summed E-state index contributed by atoms with van der Waals surface area (Å²) < 4.78 is 40.0. The summed E-state index contributed by atoms with van der Waals surface area (Å²) in [5.41, 5.74) is 0.336. The molecule has 1 aliphatic carbocycles. The first-order chi connectivity index (χ1) is 11.6. The van der Waals surface area contributed by atoms with Gasteiger partial charge in [-0.2, -0.15) is 0 Å². The second-order valence-electron chi connectivity index (χ2n) is 5.99. The molecule has 6 nitrogen and oxygen atoms in total. The predicted octanol–water partition coefficient (Wildman–Crippen LogP) is 2.12. The van der Waals surface area contributed by atoms with Gasteiger partial charge in [0.05, 0.1) is 12.6 Å². The number of halogens is 3. The summed E-state index contributed by atoms with van der Waals surface area (Å²) in [7, 11) is 1.65. The lowest BCUT2D eigenvalue weighted by atomic mass is 10.2. The summed E-state index contributed by atoms with van der Waals surface area (Å²) in [5, 5.41) is 5.42. The van der Waals surface area contributed by atoms with Crippen LogP contribution >= 0.6 is 0 Å². The zero-order valence-corrected chi connectivity index (χ0v) is 13.9. The van der Waals surface area contributed by atoms with E-state index in [9.17, 15) is 22.8 Å². The van der Waals surface area contributed by atoms with Gasteiger partial charge in [0, 0.05) is 11.7 Å². The van der Waals surface area contributed by atoms with Crippen LogP contribution in [0.1, 0.15) is 19.8 Å². The van der Waals surface area contributed by atoms with Gasteiger partial charge in [-0.25, -0.2) is 0 Å². The van der Waals surface area contributed by atoms with E-state index in [1.807, 2.05) is 0 Å². The molecule has 0 unspecified atom stereocenters. The van der Waals surface area contributed by atoms with Crippen molar-refractivity contribution in [2.24, 2.45) is 0 Å². The Hall–Kier alpha value is -2.29. The highest BCUT2D eigenvalue weighted by Gasteiger charge is 2.31. The normalized spacial score (nSPS) is 15.6. The highest BCUT2D eigenvalue weighted by molar-refractivity contribution is 5.92. The molecule has 0 saturated heterocycles. The predicted molar refractivity (Wildman–Crippen MR) is 85.0 cm³/mol. The number of nitrogens with one attached hydrogen (secondary N) is 2. The number of amides is 2. The highest BCUT2D eigenvalue weighted by Crippen LogP contribution is 2.24. The molecule has 0 heterocycles. The van der Waals surface area contributed by atoms with Gasteiger partial charge < -0.3 is 15.4 Å². The zero-order chi connectivity index (χ0) is 18.6. The monoisotopic (exact) mass is 359 g/mol. The Morgan fingerprint density at radius 1 is 1.28 bits per heavy atom. The van der Waals surface area contributed by atoms with E-state index in [2.05, 4.69) is 15.4 Å². The van der Waals surface area contributed by atoms with Crippen LogP contribution in [-0.2, 0) is 9.59 Å². The van der Waals surface area contributed by atoms with Gasteiger partial charge in [-0.05, 0) is 51.1 Å². The van der Waals surface area contributed by atoms with Gasteiger partial charge in [0.2, 0.25) is 11.8 Å². The van der Waals surface area contributed by atoms with Crippen LogP contribution in [0.3, 0.4) is 0 Å². The Bertz CT molecular complexity index is 615. The number of carbonyl (C=O) groups is 2. The number of hydrogen-bond donors (Lipinski definition) is 2. The number of likely N-dealkylation sites (N-methyl/N-ethyl adjacent to an activating group) is 1. The minimum absolute atomic E-state index is 0.0277. The van der Waals surface area contributed by atoms with Crippen molar-refractivity contribution in [1.82, 2.24) is 10.2 Å². The smallest absolute Gasteiger partial charge is 0.406 e. The molecule has 0 aromatic heterocycles. The van der Waals surface area contributed by atoms with Crippen molar-refractivity contribution >= 4 is 17.5 Å². The van der Waals surface area contributed by atoms with Crippen molar-refractivity contribution in [2.75, 3.05) is 18.9 Å². The first kappa shape index (κ1) is 19.0. The molecule has 0 radical (unpaired) electrons.